The summed E-state index contributed by atoms with van der Waals surface area (Å²) >= 11 is 0. The smallest absolute Gasteiger partial charge is 0.377 e. The van der Waals surface area contributed by atoms with E-state index in [1.807, 2.05) is 0 Å². The molecule has 6 nitrogen and oxygen atoms in total. The van der Waals surface area contributed by atoms with E-state index >= 15 is 0 Å². The Labute approximate surface area is 88.1 Å². The van der Waals surface area contributed by atoms with Gasteiger partial charge in [-0.1, -0.05) is 0 Å². The molecule has 0 fully saturated rings. The van der Waals surface area contributed by atoms with E-state index in [0.717, 1.165) is 0 Å². The van der Waals surface area contributed by atoms with E-state index in [1.165, 1.54) is 13.3 Å². The number of rotatable bonds is 2. The zero-order chi connectivity index (χ0) is 11.7. The quantitative estimate of drug-likeness (QED) is 0.550. The van der Waals surface area contributed by atoms with E-state index in [-0.39, 0.29) is 5.70 Å². The van der Waals surface area contributed by atoms with Crippen LogP contribution < -0.4 is 5.73 Å². The third-order valence-corrected chi connectivity index (χ3v) is 1.87. The molecule has 0 radical (unpaired) electrons. The molecule has 2 N–H and O–H groups in total. The van der Waals surface area contributed by atoms with Crippen LogP contribution in [0.1, 0.15) is 20.8 Å². The average Bonchev–Trinajstić information content (AvgIpc) is 2.47. The van der Waals surface area contributed by atoms with E-state index in [1.54, 1.807) is 20.8 Å². The van der Waals surface area contributed by atoms with Crippen molar-refractivity contribution in [2.75, 3.05) is 7.11 Å². The lowest BCUT2D eigenvalue weighted by Gasteiger charge is -2.27. The summed E-state index contributed by atoms with van der Waals surface area (Å²) < 4.78 is 10.1. The zero-order valence-corrected chi connectivity index (χ0v) is 9.27. The van der Waals surface area contributed by atoms with Crippen LogP contribution in [0, 0.1) is 5.41 Å². The molecule has 0 aromatic carbocycles. The summed E-state index contributed by atoms with van der Waals surface area (Å²) in [5.74, 6) is -2.04. The highest BCUT2D eigenvalue weighted by molar-refractivity contribution is 5.76. The molecular formula is C9H15N3O3. The Morgan fingerprint density at radius 3 is 2.47 bits per heavy atom. The largest absolute Gasteiger partial charge is 0.405 e. The minimum atomic E-state index is -1.58. The van der Waals surface area contributed by atoms with Crippen molar-refractivity contribution in [2.24, 2.45) is 21.4 Å². The van der Waals surface area contributed by atoms with Crippen LogP contribution in [-0.4, -0.2) is 19.0 Å². The maximum Gasteiger partial charge on any atom is 0.377 e. The molecule has 1 rings (SSSR count). The molecule has 0 saturated carbocycles. The van der Waals surface area contributed by atoms with Crippen molar-refractivity contribution in [3.8, 4) is 0 Å². The first-order valence-electron chi connectivity index (χ1n) is 4.48. The van der Waals surface area contributed by atoms with Crippen molar-refractivity contribution in [3.63, 3.8) is 0 Å². The number of hydrogen-bond donors (Lipinski definition) is 1. The van der Waals surface area contributed by atoms with Gasteiger partial charge in [0, 0.05) is 7.11 Å². The van der Waals surface area contributed by atoms with Crippen LogP contribution in [0.15, 0.2) is 22.1 Å². The summed E-state index contributed by atoms with van der Waals surface area (Å²) in [6.07, 6.45) is 1.29. The van der Waals surface area contributed by atoms with Gasteiger partial charge < -0.3 is 15.2 Å². The Bertz CT molecular complexity index is 330. The van der Waals surface area contributed by atoms with Crippen LogP contribution in [0.4, 0.5) is 0 Å². The van der Waals surface area contributed by atoms with Crippen LogP contribution in [0.2, 0.25) is 0 Å². The predicted molar refractivity (Wildman–Crippen MR) is 52.4 cm³/mol. The van der Waals surface area contributed by atoms with Gasteiger partial charge >= 0.3 is 11.9 Å². The maximum atomic E-state index is 11.6. The highest BCUT2D eigenvalue weighted by Crippen LogP contribution is 2.29. The molecule has 0 aliphatic carbocycles. The SMILES string of the molecule is COC1(OC(=O)C(C)(C)C)N=NC=C1N. The second kappa shape index (κ2) is 3.62. The second-order valence-electron chi connectivity index (χ2n) is 4.23. The standard InChI is InChI=1S/C9H15N3O3/c1-8(2,3)7(13)15-9(14-4)6(10)5-11-12-9/h5H,10H2,1-4H3. The number of ether oxygens (including phenoxy) is 2. The van der Waals surface area contributed by atoms with E-state index in [0.29, 0.717) is 0 Å². The fourth-order valence-corrected chi connectivity index (χ4v) is 0.865. The number of nitrogens with zero attached hydrogens (tertiary/aromatic N) is 2. The number of methoxy groups -OCH3 is 1. The van der Waals surface area contributed by atoms with Gasteiger partial charge in [0.2, 0.25) is 0 Å². The Balaban J connectivity index is 2.84. The van der Waals surface area contributed by atoms with Gasteiger partial charge in [-0.3, -0.25) is 4.79 Å². The topological polar surface area (TPSA) is 86.3 Å². The summed E-state index contributed by atoms with van der Waals surface area (Å²) in [6, 6.07) is 0. The third-order valence-electron chi connectivity index (χ3n) is 1.87. The van der Waals surface area contributed by atoms with E-state index < -0.39 is 17.3 Å². The van der Waals surface area contributed by atoms with Crippen LogP contribution >= 0.6 is 0 Å². The lowest BCUT2D eigenvalue weighted by Crippen LogP contribution is -2.41. The van der Waals surface area contributed by atoms with Gasteiger partial charge in [0.05, 0.1) is 11.6 Å². The van der Waals surface area contributed by atoms with Crippen LogP contribution in [0.3, 0.4) is 0 Å². The second-order valence-corrected chi connectivity index (χ2v) is 4.23. The lowest BCUT2D eigenvalue weighted by molar-refractivity contribution is -0.210. The van der Waals surface area contributed by atoms with Crippen molar-refractivity contribution in [1.29, 1.82) is 0 Å². The summed E-state index contributed by atoms with van der Waals surface area (Å²) in [6.45, 7) is 5.18. The fraction of sp³-hybridized carbons (Fsp3) is 0.667. The highest BCUT2D eigenvalue weighted by atomic mass is 16.7. The van der Waals surface area contributed by atoms with Gasteiger partial charge in [-0.2, -0.15) is 5.11 Å². The maximum absolute atomic E-state index is 11.6. The van der Waals surface area contributed by atoms with E-state index in [2.05, 4.69) is 10.2 Å². The van der Waals surface area contributed by atoms with E-state index in [9.17, 15) is 4.79 Å². The van der Waals surface area contributed by atoms with Crippen LogP contribution in [0.25, 0.3) is 0 Å². The van der Waals surface area contributed by atoms with Crippen molar-refractivity contribution in [3.05, 3.63) is 11.9 Å². The number of esters is 1. The van der Waals surface area contributed by atoms with Crippen LogP contribution in [-0.2, 0) is 14.3 Å². The van der Waals surface area contributed by atoms with Crippen molar-refractivity contribution < 1.29 is 14.3 Å². The number of azo groups is 1. The van der Waals surface area contributed by atoms with Gasteiger partial charge in [-0.15, -0.1) is 5.11 Å². The Hall–Kier alpha value is -1.43. The minimum absolute atomic E-state index is 0.155. The molecule has 0 amide bonds. The highest BCUT2D eigenvalue weighted by Gasteiger charge is 2.43. The van der Waals surface area contributed by atoms with Gasteiger partial charge in [0.25, 0.3) is 0 Å². The van der Waals surface area contributed by atoms with Crippen LogP contribution in [0.5, 0.6) is 0 Å². The van der Waals surface area contributed by atoms with Gasteiger partial charge in [-0.25, -0.2) is 0 Å². The van der Waals surface area contributed by atoms with Gasteiger partial charge in [0.15, 0.2) is 0 Å². The number of carbonyl (C=O) groups is 1. The molecule has 1 aliphatic heterocycles. The molecule has 0 aromatic rings. The van der Waals surface area contributed by atoms with Gasteiger partial charge in [0.1, 0.15) is 5.70 Å². The number of hydrogen-bond acceptors (Lipinski definition) is 6. The third kappa shape index (κ3) is 2.15. The molecule has 1 heterocycles. The first-order valence-corrected chi connectivity index (χ1v) is 4.48. The van der Waals surface area contributed by atoms with E-state index in [4.69, 9.17) is 15.2 Å². The average molecular weight is 213 g/mol. The minimum Gasteiger partial charge on any atom is -0.405 e. The predicted octanol–water partition coefficient (Wildman–Crippen LogP) is 1.14. The molecule has 0 aromatic heterocycles. The molecule has 6 heteroatoms. The molecule has 0 bridgehead atoms. The van der Waals surface area contributed by atoms with Crippen molar-refractivity contribution >= 4 is 5.97 Å². The summed E-state index contributed by atoms with van der Waals surface area (Å²) in [5.41, 5.74) is 5.09. The van der Waals surface area contributed by atoms with Crippen molar-refractivity contribution in [2.45, 2.75) is 26.7 Å². The number of nitrogens with two attached hydrogens (primary N) is 1. The molecule has 1 aliphatic rings. The Morgan fingerprint density at radius 2 is 2.13 bits per heavy atom. The molecule has 0 saturated heterocycles. The molecule has 1 atom stereocenters. The normalized spacial score (nSPS) is 25.2. The summed E-state index contributed by atoms with van der Waals surface area (Å²) in [4.78, 5) is 11.6. The number of carbonyl (C=O) groups excluding carboxylic acids is 1. The first-order chi connectivity index (χ1) is 6.82. The Morgan fingerprint density at radius 1 is 1.53 bits per heavy atom. The fourth-order valence-electron chi connectivity index (χ4n) is 0.865. The van der Waals surface area contributed by atoms with Gasteiger partial charge in [-0.05, 0) is 20.8 Å². The molecule has 15 heavy (non-hydrogen) atoms. The molecule has 0 spiro atoms. The van der Waals surface area contributed by atoms with Crippen molar-refractivity contribution in [1.82, 2.24) is 0 Å². The molecule has 84 valence electrons. The molecule has 1 unspecified atom stereocenters. The first kappa shape index (κ1) is 11.6. The Kier molecular flexibility index (Phi) is 2.81. The summed E-state index contributed by atoms with van der Waals surface area (Å²) in [7, 11) is 1.35. The zero-order valence-electron chi connectivity index (χ0n) is 9.27. The monoisotopic (exact) mass is 213 g/mol. The summed E-state index contributed by atoms with van der Waals surface area (Å²) in [5, 5.41) is 7.22. The molecular weight excluding hydrogens is 198 g/mol. The lowest BCUT2D eigenvalue weighted by atomic mass is 9.97.